The fraction of sp³-hybridized carbons (Fsp3) is 0.733. The first-order chi connectivity index (χ1) is 8.97. The Kier molecular flexibility index (Phi) is 4.82. The average Bonchev–Trinajstić information content (AvgIpc) is 2.37. The molecule has 19 heavy (non-hydrogen) atoms. The van der Waals surface area contributed by atoms with Crippen LogP contribution in [-0.4, -0.2) is 23.1 Å². The van der Waals surface area contributed by atoms with E-state index < -0.39 is 0 Å². The summed E-state index contributed by atoms with van der Waals surface area (Å²) in [5.74, 6) is 3.15. The Balaban J connectivity index is 2.20. The van der Waals surface area contributed by atoms with E-state index in [1.54, 1.807) is 0 Å². The lowest BCUT2D eigenvalue weighted by Crippen LogP contribution is -2.36. The van der Waals surface area contributed by atoms with Crippen LogP contribution in [0, 0.1) is 5.92 Å². The number of anilines is 1. The molecule has 1 fully saturated rings. The van der Waals surface area contributed by atoms with Crippen LogP contribution in [-0.2, 0) is 0 Å². The van der Waals surface area contributed by atoms with E-state index >= 15 is 0 Å². The summed E-state index contributed by atoms with van der Waals surface area (Å²) in [6.45, 7) is 6.62. The molecular weight excluding hydrogens is 302 g/mol. The molecule has 1 aliphatic carbocycles. The van der Waals surface area contributed by atoms with Gasteiger partial charge in [0.05, 0.1) is 0 Å². The Labute approximate surface area is 125 Å². The van der Waals surface area contributed by atoms with Gasteiger partial charge in [-0.25, -0.2) is 9.97 Å². The van der Waals surface area contributed by atoms with Crippen LogP contribution in [0.3, 0.4) is 0 Å². The topological polar surface area (TPSA) is 29.0 Å². The maximum Gasteiger partial charge on any atom is 0.134 e. The van der Waals surface area contributed by atoms with Crippen LogP contribution in [0.1, 0.15) is 58.2 Å². The number of nitrogens with zero attached hydrogens (tertiary/aromatic N) is 3. The van der Waals surface area contributed by atoms with Gasteiger partial charge in [-0.3, -0.25) is 0 Å². The third-order valence-electron chi connectivity index (χ3n) is 4.03. The predicted molar refractivity (Wildman–Crippen MR) is 83.6 cm³/mol. The van der Waals surface area contributed by atoms with Crippen molar-refractivity contribution in [3.63, 3.8) is 0 Å². The van der Waals surface area contributed by atoms with E-state index in [4.69, 9.17) is 4.98 Å². The fourth-order valence-electron chi connectivity index (χ4n) is 2.80. The first-order valence-electron chi connectivity index (χ1n) is 7.24. The second-order valence-corrected chi connectivity index (χ2v) is 6.91. The molecular formula is C15H24BrN3. The average molecular weight is 326 g/mol. The minimum absolute atomic E-state index is 0.356. The van der Waals surface area contributed by atoms with E-state index in [2.05, 4.69) is 53.6 Å². The summed E-state index contributed by atoms with van der Waals surface area (Å²) in [6.07, 6.45) is 5.25. The molecule has 0 aliphatic heterocycles. The molecule has 1 aromatic rings. The van der Waals surface area contributed by atoms with Gasteiger partial charge in [-0.2, -0.15) is 0 Å². The summed E-state index contributed by atoms with van der Waals surface area (Å²) in [5.41, 5.74) is 0. The largest absolute Gasteiger partial charge is 0.357 e. The Morgan fingerprint density at radius 1 is 1.32 bits per heavy atom. The highest BCUT2D eigenvalue weighted by Crippen LogP contribution is 2.30. The lowest BCUT2D eigenvalue weighted by Gasteiger charge is -2.35. The van der Waals surface area contributed by atoms with E-state index in [0.29, 0.717) is 12.0 Å². The quantitative estimate of drug-likeness (QED) is 0.772. The van der Waals surface area contributed by atoms with Crippen molar-refractivity contribution in [1.29, 1.82) is 0 Å². The summed E-state index contributed by atoms with van der Waals surface area (Å²) in [5, 5.41) is 0. The van der Waals surface area contributed by atoms with Gasteiger partial charge in [0.2, 0.25) is 0 Å². The number of halogens is 1. The molecule has 3 nitrogen and oxygen atoms in total. The second-order valence-electron chi connectivity index (χ2n) is 6.10. The van der Waals surface area contributed by atoms with Crippen LogP contribution in [0.25, 0.3) is 0 Å². The van der Waals surface area contributed by atoms with Crippen molar-refractivity contribution < 1.29 is 0 Å². The van der Waals surface area contributed by atoms with Crippen molar-refractivity contribution in [3.05, 3.63) is 16.5 Å². The number of hydrogen-bond donors (Lipinski definition) is 0. The molecule has 0 spiro atoms. The van der Waals surface area contributed by atoms with E-state index in [1.165, 1.54) is 25.7 Å². The third-order valence-corrected chi connectivity index (χ3v) is 4.44. The molecule has 0 radical (unpaired) electrons. The van der Waals surface area contributed by atoms with Crippen molar-refractivity contribution in [3.8, 4) is 0 Å². The van der Waals surface area contributed by atoms with Crippen molar-refractivity contribution in [2.75, 3.05) is 11.9 Å². The van der Waals surface area contributed by atoms with Crippen LogP contribution in [0.4, 0.5) is 5.82 Å². The van der Waals surface area contributed by atoms with Crippen LogP contribution in [0.15, 0.2) is 10.7 Å². The van der Waals surface area contributed by atoms with Crippen LogP contribution < -0.4 is 4.90 Å². The van der Waals surface area contributed by atoms with E-state index in [9.17, 15) is 0 Å². The van der Waals surface area contributed by atoms with Crippen molar-refractivity contribution in [2.24, 2.45) is 5.92 Å². The van der Waals surface area contributed by atoms with E-state index in [-0.39, 0.29) is 0 Å². The van der Waals surface area contributed by atoms with E-state index in [0.717, 1.165) is 22.2 Å². The molecule has 1 aromatic heterocycles. The monoisotopic (exact) mass is 325 g/mol. The second kappa shape index (κ2) is 6.21. The minimum Gasteiger partial charge on any atom is -0.357 e. The summed E-state index contributed by atoms with van der Waals surface area (Å²) in [4.78, 5) is 11.5. The molecule has 0 saturated heterocycles. The van der Waals surface area contributed by atoms with E-state index in [1.807, 2.05) is 6.07 Å². The molecule has 2 unspecified atom stereocenters. The van der Waals surface area contributed by atoms with Gasteiger partial charge in [0.1, 0.15) is 16.2 Å². The number of hydrogen-bond acceptors (Lipinski definition) is 3. The smallest absolute Gasteiger partial charge is 0.134 e. The zero-order valence-corrected chi connectivity index (χ0v) is 13.9. The molecule has 4 heteroatoms. The minimum atomic E-state index is 0.356. The lowest BCUT2D eigenvalue weighted by atomic mass is 9.86. The SMILES string of the molecule is CC1CCCC(N(C)c2cc(Br)nc(C(C)C)n2)C1. The van der Waals surface area contributed by atoms with Gasteiger partial charge in [-0.1, -0.05) is 33.6 Å². The van der Waals surface area contributed by atoms with Gasteiger partial charge in [-0.15, -0.1) is 0 Å². The van der Waals surface area contributed by atoms with Crippen molar-refractivity contribution >= 4 is 21.7 Å². The molecule has 0 aromatic carbocycles. The van der Waals surface area contributed by atoms with Gasteiger partial charge in [0, 0.05) is 25.1 Å². The molecule has 0 amide bonds. The number of aromatic nitrogens is 2. The molecule has 0 bridgehead atoms. The summed E-state index contributed by atoms with van der Waals surface area (Å²) in [6, 6.07) is 2.65. The zero-order valence-electron chi connectivity index (χ0n) is 12.4. The Morgan fingerprint density at radius 3 is 2.68 bits per heavy atom. The van der Waals surface area contributed by atoms with Gasteiger partial charge >= 0.3 is 0 Å². The number of rotatable bonds is 3. The lowest BCUT2D eigenvalue weighted by molar-refractivity contribution is 0.335. The molecule has 2 rings (SSSR count). The molecule has 106 valence electrons. The summed E-state index contributed by atoms with van der Waals surface area (Å²) >= 11 is 3.51. The molecule has 1 heterocycles. The van der Waals surface area contributed by atoms with Crippen molar-refractivity contribution in [1.82, 2.24) is 9.97 Å². The highest BCUT2D eigenvalue weighted by Gasteiger charge is 2.24. The highest BCUT2D eigenvalue weighted by molar-refractivity contribution is 9.10. The first kappa shape index (κ1) is 14.8. The third kappa shape index (κ3) is 3.68. The Morgan fingerprint density at radius 2 is 2.05 bits per heavy atom. The van der Waals surface area contributed by atoms with Gasteiger partial charge in [-0.05, 0) is 34.7 Å². The fourth-order valence-corrected chi connectivity index (χ4v) is 3.19. The molecule has 2 atom stereocenters. The van der Waals surface area contributed by atoms with Crippen LogP contribution >= 0.6 is 15.9 Å². The Hall–Kier alpha value is -0.640. The predicted octanol–water partition coefficient (Wildman–Crippen LogP) is 4.38. The van der Waals surface area contributed by atoms with Crippen LogP contribution in [0.5, 0.6) is 0 Å². The maximum absolute atomic E-state index is 4.72. The van der Waals surface area contributed by atoms with Gasteiger partial charge in [0.25, 0.3) is 0 Å². The highest BCUT2D eigenvalue weighted by atomic mass is 79.9. The standard InChI is InChI=1S/C15H24BrN3/c1-10(2)15-17-13(16)9-14(18-15)19(4)12-7-5-6-11(3)8-12/h9-12H,5-8H2,1-4H3. The normalized spacial score (nSPS) is 23.7. The van der Waals surface area contributed by atoms with Crippen molar-refractivity contribution in [2.45, 2.75) is 58.4 Å². The van der Waals surface area contributed by atoms with Crippen LogP contribution in [0.2, 0.25) is 0 Å². The zero-order chi connectivity index (χ0) is 14.0. The summed E-state index contributed by atoms with van der Waals surface area (Å²) < 4.78 is 0.886. The van der Waals surface area contributed by atoms with Gasteiger partial charge < -0.3 is 4.90 Å². The molecule has 1 aliphatic rings. The summed E-state index contributed by atoms with van der Waals surface area (Å²) in [7, 11) is 2.17. The first-order valence-corrected chi connectivity index (χ1v) is 8.04. The molecule has 0 N–H and O–H groups in total. The molecule has 1 saturated carbocycles. The maximum atomic E-state index is 4.72. The Bertz CT molecular complexity index is 433. The van der Waals surface area contributed by atoms with Gasteiger partial charge in [0.15, 0.2) is 0 Å².